The summed E-state index contributed by atoms with van der Waals surface area (Å²) in [6.45, 7) is 1.76. The monoisotopic (exact) mass is 350 g/mol. The maximum Gasteiger partial charge on any atom is 0.471 e. The van der Waals surface area contributed by atoms with Gasteiger partial charge < -0.3 is 4.42 Å². The molecule has 1 amide bonds. The van der Waals surface area contributed by atoms with Crippen LogP contribution in [-0.4, -0.2) is 26.8 Å². The number of alkyl halides is 3. The summed E-state index contributed by atoms with van der Waals surface area (Å²) in [5.74, 6) is -2.45. The van der Waals surface area contributed by atoms with Crippen LogP contribution in [0.1, 0.15) is 5.69 Å². The van der Waals surface area contributed by atoms with E-state index >= 15 is 0 Å². The highest BCUT2D eigenvalue weighted by Crippen LogP contribution is 2.33. The van der Waals surface area contributed by atoms with Gasteiger partial charge in [-0.25, -0.2) is 4.98 Å². The van der Waals surface area contributed by atoms with E-state index in [0.717, 1.165) is 0 Å². The van der Waals surface area contributed by atoms with Gasteiger partial charge in [0, 0.05) is 12.6 Å². The molecule has 0 saturated heterocycles. The first-order valence-corrected chi connectivity index (χ1v) is 7.21. The zero-order chi connectivity index (χ0) is 18.2. The fraction of sp³-hybridized carbons (Fsp3) is 0.188. The maximum atomic E-state index is 12.6. The fourth-order valence-electron chi connectivity index (χ4n) is 2.29. The summed E-state index contributed by atoms with van der Waals surface area (Å²) in [6, 6.07) is 10.1. The average Bonchev–Trinajstić information content (AvgIpc) is 3.10. The first kappa shape index (κ1) is 16.7. The Labute approximate surface area is 140 Å². The van der Waals surface area contributed by atoms with E-state index in [4.69, 9.17) is 4.42 Å². The third-order valence-corrected chi connectivity index (χ3v) is 3.38. The van der Waals surface area contributed by atoms with Crippen LogP contribution in [0.4, 0.5) is 19.1 Å². The second kappa shape index (κ2) is 6.08. The number of oxazole rings is 1. The molecule has 0 aliphatic heterocycles. The van der Waals surface area contributed by atoms with Gasteiger partial charge in [-0.05, 0) is 13.0 Å². The van der Waals surface area contributed by atoms with Crippen LogP contribution in [0, 0.1) is 6.92 Å². The van der Waals surface area contributed by atoms with Gasteiger partial charge in [-0.15, -0.1) is 0 Å². The lowest BCUT2D eigenvalue weighted by molar-refractivity contribution is -0.167. The molecule has 0 radical (unpaired) electrons. The lowest BCUT2D eigenvalue weighted by atomic mass is 10.1. The molecule has 6 nitrogen and oxygen atoms in total. The molecule has 1 N–H and O–H groups in total. The van der Waals surface area contributed by atoms with Crippen molar-refractivity contribution in [1.29, 1.82) is 0 Å². The van der Waals surface area contributed by atoms with Crippen LogP contribution in [0.15, 0.2) is 40.8 Å². The van der Waals surface area contributed by atoms with Gasteiger partial charge in [0.2, 0.25) is 11.8 Å². The van der Waals surface area contributed by atoms with E-state index in [1.807, 2.05) is 0 Å². The van der Waals surface area contributed by atoms with Crippen molar-refractivity contribution in [2.24, 2.45) is 7.05 Å². The van der Waals surface area contributed by atoms with Crippen LogP contribution < -0.4 is 5.32 Å². The third-order valence-electron chi connectivity index (χ3n) is 3.38. The molecular formula is C16H13F3N4O2. The number of nitrogens with zero attached hydrogens (tertiary/aromatic N) is 3. The maximum absolute atomic E-state index is 12.6. The molecule has 0 fully saturated rings. The van der Waals surface area contributed by atoms with Crippen molar-refractivity contribution >= 4 is 11.8 Å². The summed E-state index contributed by atoms with van der Waals surface area (Å²) in [7, 11) is 1.66. The Bertz CT molecular complexity index is 913. The molecule has 0 saturated carbocycles. The molecular weight excluding hydrogens is 337 g/mol. The number of carbonyl (C=O) groups is 1. The van der Waals surface area contributed by atoms with Crippen molar-refractivity contribution in [2.75, 3.05) is 5.32 Å². The number of aromatic nitrogens is 3. The molecule has 0 aliphatic carbocycles. The van der Waals surface area contributed by atoms with Gasteiger partial charge in [0.15, 0.2) is 0 Å². The van der Waals surface area contributed by atoms with Crippen molar-refractivity contribution in [2.45, 2.75) is 13.1 Å². The number of hydrogen-bond acceptors (Lipinski definition) is 4. The number of nitrogens with one attached hydrogen (secondary N) is 1. The van der Waals surface area contributed by atoms with Gasteiger partial charge >= 0.3 is 12.1 Å². The molecule has 3 rings (SSSR count). The normalized spacial score (nSPS) is 11.6. The van der Waals surface area contributed by atoms with Crippen molar-refractivity contribution in [1.82, 2.24) is 14.8 Å². The van der Waals surface area contributed by atoms with Crippen molar-refractivity contribution in [3.8, 4) is 22.8 Å². The molecule has 0 bridgehead atoms. The molecule has 0 atom stereocenters. The van der Waals surface area contributed by atoms with Crippen LogP contribution >= 0.6 is 0 Å². The van der Waals surface area contributed by atoms with Crippen LogP contribution in [0.2, 0.25) is 0 Å². The standard InChI is InChI=1S/C16H13F3N4O2/c1-9-8-11(23(2)22-9)13-20-12(10-6-4-3-5-7-10)14(25-13)21-15(24)16(17,18)19/h3-8H,1-2H3,(H,21,24). The minimum absolute atomic E-state index is 0.0550. The van der Waals surface area contributed by atoms with E-state index in [0.29, 0.717) is 17.0 Å². The minimum atomic E-state index is -5.04. The number of carbonyl (C=O) groups excluding carboxylic acids is 1. The summed E-state index contributed by atoms with van der Waals surface area (Å²) >= 11 is 0. The molecule has 0 unspecified atom stereocenters. The van der Waals surface area contributed by atoms with Gasteiger partial charge in [-0.3, -0.25) is 14.8 Å². The number of benzene rings is 1. The van der Waals surface area contributed by atoms with Crippen molar-refractivity contribution < 1.29 is 22.4 Å². The second-order valence-corrected chi connectivity index (χ2v) is 5.31. The van der Waals surface area contributed by atoms with E-state index in [-0.39, 0.29) is 17.5 Å². The van der Waals surface area contributed by atoms with Gasteiger partial charge in [0.25, 0.3) is 0 Å². The zero-order valence-electron chi connectivity index (χ0n) is 13.3. The molecule has 0 aliphatic rings. The largest absolute Gasteiger partial charge is 0.471 e. The quantitative estimate of drug-likeness (QED) is 0.784. The number of hydrogen-bond donors (Lipinski definition) is 1. The first-order valence-electron chi connectivity index (χ1n) is 7.21. The number of aryl methyl sites for hydroxylation is 2. The first-order chi connectivity index (χ1) is 11.8. The molecule has 3 aromatic rings. The van der Waals surface area contributed by atoms with Gasteiger partial charge in [-0.1, -0.05) is 30.3 Å². The van der Waals surface area contributed by atoms with Crippen molar-refractivity contribution in [3.05, 3.63) is 42.1 Å². The van der Waals surface area contributed by atoms with Crippen LogP contribution in [0.5, 0.6) is 0 Å². The predicted octanol–water partition coefficient (Wildman–Crippen LogP) is 3.55. The molecule has 9 heteroatoms. The Hall–Kier alpha value is -3.10. The molecule has 0 spiro atoms. The number of halogens is 3. The van der Waals surface area contributed by atoms with E-state index in [9.17, 15) is 18.0 Å². The SMILES string of the molecule is Cc1cc(-c2nc(-c3ccccc3)c(NC(=O)C(F)(F)F)o2)n(C)n1. The second-order valence-electron chi connectivity index (χ2n) is 5.31. The van der Waals surface area contributed by atoms with Gasteiger partial charge in [0.1, 0.15) is 11.4 Å². The molecule has 1 aromatic carbocycles. The third kappa shape index (κ3) is 3.39. The summed E-state index contributed by atoms with van der Waals surface area (Å²) in [5.41, 5.74) is 1.78. The Balaban J connectivity index is 2.09. The Morgan fingerprint density at radius 1 is 1.24 bits per heavy atom. The molecule has 2 aromatic heterocycles. The Kier molecular flexibility index (Phi) is 4.07. The van der Waals surface area contributed by atoms with Gasteiger partial charge in [0.05, 0.1) is 5.69 Å². The van der Waals surface area contributed by atoms with E-state index in [1.165, 1.54) is 4.68 Å². The number of amides is 1. The summed E-state index contributed by atoms with van der Waals surface area (Å²) in [6.07, 6.45) is -5.04. The van der Waals surface area contributed by atoms with E-state index < -0.39 is 12.1 Å². The van der Waals surface area contributed by atoms with Crippen LogP contribution in [-0.2, 0) is 11.8 Å². The smallest absolute Gasteiger partial charge is 0.418 e. The highest BCUT2D eigenvalue weighted by Gasteiger charge is 2.40. The topological polar surface area (TPSA) is 73.0 Å². The van der Waals surface area contributed by atoms with Crippen molar-refractivity contribution in [3.63, 3.8) is 0 Å². The molecule has 25 heavy (non-hydrogen) atoms. The van der Waals surface area contributed by atoms with Crippen LogP contribution in [0.25, 0.3) is 22.8 Å². The lowest BCUT2D eigenvalue weighted by Gasteiger charge is -2.06. The van der Waals surface area contributed by atoms with Crippen LogP contribution in [0.3, 0.4) is 0 Å². The number of anilines is 1. The highest BCUT2D eigenvalue weighted by molar-refractivity contribution is 5.96. The highest BCUT2D eigenvalue weighted by atomic mass is 19.4. The van der Waals surface area contributed by atoms with E-state index in [1.54, 1.807) is 55.7 Å². The minimum Gasteiger partial charge on any atom is -0.418 e. The summed E-state index contributed by atoms with van der Waals surface area (Å²) in [4.78, 5) is 15.5. The average molecular weight is 350 g/mol. The Morgan fingerprint density at radius 3 is 2.48 bits per heavy atom. The lowest BCUT2D eigenvalue weighted by Crippen LogP contribution is -2.29. The van der Waals surface area contributed by atoms with E-state index in [2.05, 4.69) is 10.1 Å². The predicted molar refractivity (Wildman–Crippen MR) is 83.6 cm³/mol. The van der Waals surface area contributed by atoms with Gasteiger partial charge in [-0.2, -0.15) is 18.3 Å². The molecule has 2 heterocycles. The summed E-state index contributed by atoms with van der Waals surface area (Å²) in [5, 5.41) is 5.89. The Morgan fingerprint density at radius 2 is 1.92 bits per heavy atom. The number of rotatable bonds is 3. The summed E-state index contributed by atoms with van der Waals surface area (Å²) < 4.78 is 44.6. The zero-order valence-corrected chi connectivity index (χ0v) is 13.3. The molecule has 130 valence electrons. The fourth-order valence-corrected chi connectivity index (χ4v) is 2.29.